The molecule has 0 bridgehead atoms. The molecule has 12 heteroatoms. The number of rotatable bonds is 8. The summed E-state index contributed by atoms with van der Waals surface area (Å²) in [5, 5.41) is 17.7. The van der Waals surface area contributed by atoms with Crippen LogP contribution in [0.15, 0.2) is 49.2 Å². The summed E-state index contributed by atoms with van der Waals surface area (Å²) in [6.45, 7) is 11.4. The molecule has 1 unspecified atom stereocenters. The molecule has 1 amide bonds. The summed E-state index contributed by atoms with van der Waals surface area (Å²) in [5.74, 6) is 1.75. The molecule has 41 heavy (non-hydrogen) atoms. The molecular weight excluding hydrogens is 524 g/mol. The first-order chi connectivity index (χ1) is 19.6. The Balaban J connectivity index is 1.39. The van der Waals surface area contributed by atoms with Crippen molar-refractivity contribution in [3.63, 3.8) is 0 Å². The predicted molar refractivity (Wildman–Crippen MR) is 155 cm³/mol. The lowest BCUT2D eigenvalue weighted by Crippen LogP contribution is -2.47. The number of amides is 1. The van der Waals surface area contributed by atoms with Gasteiger partial charge in [-0.1, -0.05) is 6.92 Å². The van der Waals surface area contributed by atoms with Crippen LogP contribution in [0.3, 0.4) is 0 Å². The fourth-order valence-corrected chi connectivity index (χ4v) is 5.18. The summed E-state index contributed by atoms with van der Waals surface area (Å²) < 4.78 is 14.5. The van der Waals surface area contributed by atoms with Crippen molar-refractivity contribution in [2.45, 2.75) is 65.8 Å². The summed E-state index contributed by atoms with van der Waals surface area (Å²) in [4.78, 5) is 28.5. The van der Waals surface area contributed by atoms with E-state index in [2.05, 4.69) is 37.2 Å². The first-order valence-corrected chi connectivity index (χ1v) is 14.0. The first kappa shape index (κ1) is 28.5. The maximum atomic E-state index is 12.3. The fourth-order valence-electron chi connectivity index (χ4n) is 5.18. The molecule has 5 rings (SSSR count). The predicted octanol–water partition coefficient (Wildman–Crippen LogP) is 4.68. The second-order valence-electron chi connectivity index (χ2n) is 11.3. The molecule has 2 N–H and O–H groups in total. The number of anilines is 2. The van der Waals surface area contributed by atoms with Crippen LogP contribution in [0, 0.1) is 5.41 Å². The van der Waals surface area contributed by atoms with Gasteiger partial charge in [0.2, 0.25) is 5.95 Å². The van der Waals surface area contributed by atoms with Crippen molar-refractivity contribution in [3.05, 3.63) is 49.2 Å². The van der Waals surface area contributed by atoms with E-state index in [0.29, 0.717) is 24.0 Å². The number of aliphatic hydroxyl groups is 1. The summed E-state index contributed by atoms with van der Waals surface area (Å²) in [6, 6.07) is 5.73. The van der Waals surface area contributed by atoms with Gasteiger partial charge in [0.05, 0.1) is 6.20 Å². The van der Waals surface area contributed by atoms with E-state index in [-0.39, 0.29) is 5.41 Å². The van der Waals surface area contributed by atoms with Crippen LogP contribution in [0.1, 0.15) is 53.9 Å². The zero-order chi connectivity index (χ0) is 29.2. The molecule has 4 aromatic heterocycles. The van der Waals surface area contributed by atoms with Gasteiger partial charge in [-0.2, -0.15) is 5.10 Å². The monoisotopic (exact) mass is 562 g/mol. The number of hydrogen-bond donors (Lipinski definition) is 2. The molecule has 0 aliphatic carbocycles. The van der Waals surface area contributed by atoms with Gasteiger partial charge >= 0.3 is 6.09 Å². The van der Waals surface area contributed by atoms with Crippen molar-refractivity contribution in [2.24, 2.45) is 5.41 Å². The van der Waals surface area contributed by atoms with Crippen molar-refractivity contribution in [3.8, 4) is 16.9 Å². The standard InChI is InChI=1S/C29H38N8O4/c1-6-29(25(38)40-7-2)9-13-35(14-10-29)26-30-17-21(18-31-26)20-15-23-33-22(34-27(39)41-28(3,4)5)19-36(23)24(16-20)37-12-8-11-32-37/h8,11-12,15-19,25,38H,6-7,9-10,13-14H2,1-5H3,(H,34,39). The Morgan fingerprint density at radius 1 is 1.15 bits per heavy atom. The molecule has 1 fully saturated rings. The van der Waals surface area contributed by atoms with Crippen LogP contribution >= 0.6 is 0 Å². The van der Waals surface area contributed by atoms with Crippen LogP contribution in [0.5, 0.6) is 0 Å². The quantitative estimate of drug-likeness (QED) is 0.294. The highest BCUT2D eigenvalue weighted by atomic mass is 16.6. The van der Waals surface area contributed by atoms with E-state index in [1.807, 2.05) is 56.5 Å². The zero-order valence-electron chi connectivity index (χ0n) is 24.2. The van der Waals surface area contributed by atoms with Crippen molar-refractivity contribution in [2.75, 3.05) is 29.9 Å². The van der Waals surface area contributed by atoms with Crippen molar-refractivity contribution < 1.29 is 19.4 Å². The third-order valence-corrected chi connectivity index (χ3v) is 7.48. The number of carbonyl (C=O) groups excluding carboxylic acids is 1. The lowest BCUT2D eigenvalue weighted by molar-refractivity contribution is -0.181. The average molecular weight is 563 g/mol. The first-order valence-electron chi connectivity index (χ1n) is 14.0. The summed E-state index contributed by atoms with van der Waals surface area (Å²) in [6.07, 6.45) is 10.0. The second-order valence-corrected chi connectivity index (χ2v) is 11.3. The van der Waals surface area contributed by atoms with Gasteiger partial charge in [-0.3, -0.25) is 9.72 Å². The molecule has 0 radical (unpaired) electrons. The number of nitrogens with one attached hydrogen (secondary N) is 1. The number of piperidine rings is 1. The normalized spacial score (nSPS) is 16.1. The average Bonchev–Trinajstić information content (AvgIpc) is 3.62. The lowest BCUT2D eigenvalue weighted by Gasteiger charge is -2.43. The molecule has 1 atom stereocenters. The molecule has 1 aliphatic heterocycles. The third-order valence-electron chi connectivity index (χ3n) is 7.48. The summed E-state index contributed by atoms with van der Waals surface area (Å²) >= 11 is 0. The van der Waals surface area contributed by atoms with Gasteiger partial charge in [-0.25, -0.2) is 24.4 Å². The molecule has 4 aromatic rings. The van der Waals surface area contributed by atoms with E-state index in [9.17, 15) is 9.90 Å². The van der Waals surface area contributed by atoms with Crippen LogP contribution < -0.4 is 10.2 Å². The van der Waals surface area contributed by atoms with Gasteiger partial charge in [0.25, 0.3) is 0 Å². The Bertz CT molecular complexity index is 1470. The number of imidazole rings is 1. The van der Waals surface area contributed by atoms with Gasteiger partial charge in [0, 0.05) is 55.5 Å². The molecule has 0 spiro atoms. The summed E-state index contributed by atoms with van der Waals surface area (Å²) in [7, 11) is 0. The van der Waals surface area contributed by atoms with Gasteiger partial charge in [0.15, 0.2) is 12.1 Å². The number of carbonyl (C=O) groups is 1. The topological polar surface area (TPSA) is 132 Å². The molecule has 5 heterocycles. The van der Waals surface area contributed by atoms with Crippen molar-refractivity contribution >= 4 is 23.5 Å². The van der Waals surface area contributed by atoms with Crippen molar-refractivity contribution in [1.82, 2.24) is 29.1 Å². The second kappa shape index (κ2) is 11.5. The third kappa shape index (κ3) is 6.18. The number of hydrogen-bond acceptors (Lipinski definition) is 9. The molecular formula is C29H38N8O4. The molecule has 218 valence electrons. The molecule has 0 aromatic carbocycles. The lowest BCUT2D eigenvalue weighted by atomic mass is 9.75. The maximum absolute atomic E-state index is 12.3. The number of ether oxygens (including phenoxy) is 2. The number of fused-ring (bicyclic) bond motifs is 1. The minimum atomic E-state index is -0.760. The molecule has 0 saturated carbocycles. The number of pyridine rings is 1. The molecule has 12 nitrogen and oxygen atoms in total. The Kier molecular flexibility index (Phi) is 7.96. The van der Waals surface area contributed by atoms with Crippen LogP contribution in [0.25, 0.3) is 22.6 Å². The Morgan fingerprint density at radius 2 is 1.88 bits per heavy atom. The zero-order valence-corrected chi connectivity index (χ0v) is 24.2. The molecule has 1 aliphatic rings. The largest absolute Gasteiger partial charge is 0.444 e. The SMILES string of the molecule is CCOC(O)C1(CC)CCN(c2ncc(-c3cc(-n4cccn4)n4cc(NC(=O)OC(C)(C)C)nc4c3)cn2)CC1. The van der Waals surface area contributed by atoms with Crippen LogP contribution in [-0.2, 0) is 9.47 Å². The van der Waals surface area contributed by atoms with E-state index in [1.54, 1.807) is 29.5 Å². The van der Waals surface area contributed by atoms with Crippen LogP contribution in [-0.4, -0.2) is 71.9 Å². The van der Waals surface area contributed by atoms with E-state index in [4.69, 9.17) is 9.47 Å². The number of aliphatic hydroxyl groups excluding tert-OH is 1. The molecule has 1 saturated heterocycles. The van der Waals surface area contributed by atoms with E-state index in [0.717, 1.165) is 49.3 Å². The fraction of sp³-hybridized carbons (Fsp3) is 0.483. The van der Waals surface area contributed by atoms with Crippen LogP contribution in [0.2, 0.25) is 0 Å². The van der Waals surface area contributed by atoms with E-state index >= 15 is 0 Å². The highest BCUT2D eigenvalue weighted by molar-refractivity contribution is 5.84. The summed E-state index contributed by atoms with van der Waals surface area (Å²) in [5.41, 5.74) is 1.42. The van der Waals surface area contributed by atoms with Gasteiger partial charge < -0.3 is 19.5 Å². The Morgan fingerprint density at radius 3 is 2.49 bits per heavy atom. The highest BCUT2D eigenvalue weighted by Gasteiger charge is 2.40. The smallest absolute Gasteiger partial charge is 0.413 e. The van der Waals surface area contributed by atoms with Gasteiger partial charge in [-0.15, -0.1) is 0 Å². The maximum Gasteiger partial charge on any atom is 0.413 e. The van der Waals surface area contributed by atoms with Crippen LogP contribution in [0.4, 0.5) is 16.6 Å². The number of aromatic nitrogens is 6. The minimum Gasteiger partial charge on any atom is -0.444 e. The van der Waals surface area contributed by atoms with Gasteiger partial charge in [0.1, 0.15) is 17.1 Å². The number of nitrogens with zero attached hydrogens (tertiary/aromatic N) is 7. The minimum absolute atomic E-state index is 0.244. The Labute approximate surface area is 239 Å². The van der Waals surface area contributed by atoms with E-state index < -0.39 is 18.0 Å². The van der Waals surface area contributed by atoms with Crippen molar-refractivity contribution in [1.29, 1.82) is 0 Å². The van der Waals surface area contributed by atoms with E-state index in [1.165, 1.54) is 0 Å². The highest BCUT2D eigenvalue weighted by Crippen LogP contribution is 2.39. The van der Waals surface area contributed by atoms with Gasteiger partial charge in [-0.05, 0) is 70.7 Å². The Hall–Kier alpha value is -4.03.